The molecule has 3 rings (SSSR count). The van der Waals surface area contributed by atoms with E-state index in [0.717, 1.165) is 19.4 Å². The Morgan fingerprint density at radius 2 is 2.21 bits per heavy atom. The van der Waals surface area contributed by atoms with Crippen LogP contribution in [0.5, 0.6) is 0 Å². The molecule has 0 radical (unpaired) electrons. The van der Waals surface area contributed by atoms with Crippen LogP contribution >= 0.6 is 0 Å². The van der Waals surface area contributed by atoms with E-state index in [4.69, 9.17) is 4.74 Å². The van der Waals surface area contributed by atoms with Crippen molar-refractivity contribution in [2.75, 3.05) is 33.2 Å². The Kier molecular flexibility index (Phi) is 2.97. The number of likely N-dealkylation sites (N-methyl/N-ethyl adjacent to an activating group) is 1. The van der Waals surface area contributed by atoms with Gasteiger partial charge < -0.3 is 14.5 Å². The second-order valence-corrected chi connectivity index (χ2v) is 5.55. The number of nitrogens with zero attached hydrogens (tertiary/aromatic N) is 2. The molecule has 3 heterocycles. The third kappa shape index (κ3) is 2.20. The maximum absolute atomic E-state index is 12.2. The van der Waals surface area contributed by atoms with Gasteiger partial charge >= 0.3 is 6.09 Å². The Morgan fingerprint density at radius 3 is 2.74 bits per heavy atom. The minimum atomic E-state index is -0.373. The van der Waals surface area contributed by atoms with Crippen molar-refractivity contribution in [3.8, 4) is 0 Å². The van der Waals surface area contributed by atoms with Gasteiger partial charge in [-0.05, 0) is 0 Å². The lowest BCUT2D eigenvalue weighted by Crippen LogP contribution is -2.52. The lowest BCUT2D eigenvalue weighted by Gasteiger charge is -2.38. The summed E-state index contributed by atoms with van der Waals surface area (Å²) in [5.74, 6) is 0.126. The molecule has 2 amide bonds. The number of hydrogen-bond acceptors (Lipinski definition) is 4. The summed E-state index contributed by atoms with van der Waals surface area (Å²) in [6, 6.07) is -0.178. The van der Waals surface area contributed by atoms with Crippen LogP contribution in [0.4, 0.5) is 4.79 Å². The second kappa shape index (κ2) is 4.52. The molecule has 2 fully saturated rings. The SMILES string of the molecule is CN1CC2(CCN(C(=O)[C@@H]3C=CCN3)CC2)OC1=O. The highest BCUT2D eigenvalue weighted by Gasteiger charge is 2.46. The van der Waals surface area contributed by atoms with E-state index < -0.39 is 0 Å². The van der Waals surface area contributed by atoms with Crippen LogP contribution in [0.1, 0.15) is 12.8 Å². The van der Waals surface area contributed by atoms with E-state index in [1.807, 2.05) is 17.1 Å². The Balaban J connectivity index is 1.59. The third-order valence-corrected chi connectivity index (χ3v) is 4.18. The van der Waals surface area contributed by atoms with Gasteiger partial charge in [0.25, 0.3) is 0 Å². The molecule has 0 bridgehead atoms. The number of hydrogen-bond donors (Lipinski definition) is 1. The molecule has 104 valence electrons. The Hall–Kier alpha value is -1.56. The minimum Gasteiger partial charge on any atom is -0.441 e. The Bertz CT molecular complexity index is 427. The zero-order chi connectivity index (χ0) is 13.5. The van der Waals surface area contributed by atoms with Gasteiger partial charge in [-0.15, -0.1) is 0 Å². The van der Waals surface area contributed by atoms with Crippen LogP contribution in [0.15, 0.2) is 12.2 Å². The Morgan fingerprint density at radius 1 is 1.47 bits per heavy atom. The summed E-state index contributed by atoms with van der Waals surface area (Å²) in [4.78, 5) is 27.2. The first kappa shape index (κ1) is 12.5. The number of amides is 2. The van der Waals surface area contributed by atoms with Gasteiger partial charge in [0, 0.05) is 39.5 Å². The summed E-state index contributed by atoms with van der Waals surface area (Å²) in [5, 5.41) is 3.13. The summed E-state index contributed by atoms with van der Waals surface area (Å²) in [6.07, 6.45) is 5.09. The smallest absolute Gasteiger partial charge is 0.410 e. The van der Waals surface area contributed by atoms with Crippen molar-refractivity contribution < 1.29 is 14.3 Å². The van der Waals surface area contributed by atoms with Crippen molar-refractivity contribution in [1.29, 1.82) is 0 Å². The summed E-state index contributed by atoms with van der Waals surface area (Å²) < 4.78 is 5.48. The van der Waals surface area contributed by atoms with Gasteiger partial charge in [-0.3, -0.25) is 10.1 Å². The quantitative estimate of drug-likeness (QED) is 0.676. The first-order chi connectivity index (χ1) is 9.10. The van der Waals surface area contributed by atoms with Crippen LogP contribution in [-0.4, -0.2) is 66.7 Å². The number of rotatable bonds is 1. The van der Waals surface area contributed by atoms with Crippen molar-refractivity contribution in [3.63, 3.8) is 0 Å². The summed E-state index contributed by atoms with van der Waals surface area (Å²) in [7, 11) is 1.75. The van der Waals surface area contributed by atoms with Gasteiger partial charge in [-0.1, -0.05) is 12.2 Å². The number of carbonyl (C=O) groups excluding carboxylic acids is 2. The number of piperidine rings is 1. The lowest BCUT2D eigenvalue weighted by atomic mass is 9.91. The zero-order valence-electron chi connectivity index (χ0n) is 11.1. The topological polar surface area (TPSA) is 61.9 Å². The average Bonchev–Trinajstić information content (AvgIpc) is 3.00. The number of carbonyl (C=O) groups is 2. The van der Waals surface area contributed by atoms with E-state index in [9.17, 15) is 9.59 Å². The Labute approximate surface area is 112 Å². The molecule has 3 aliphatic heterocycles. The van der Waals surface area contributed by atoms with Crippen LogP contribution < -0.4 is 5.32 Å². The largest absolute Gasteiger partial charge is 0.441 e. The van der Waals surface area contributed by atoms with Crippen molar-refractivity contribution in [1.82, 2.24) is 15.1 Å². The number of likely N-dealkylation sites (tertiary alicyclic amines) is 1. The summed E-state index contributed by atoms with van der Waals surface area (Å²) in [5.41, 5.74) is -0.373. The van der Waals surface area contributed by atoms with Gasteiger partial charge in [0.15, 0.2) is 0 Å². The van der Waals surface area contributed by atoms with Gasteiger partial charge in [0.05, 0.1) is 6.54 Å². The van der Waals surface area contributed by atoms with Gasteiger partial charge in [-0.2, -0.15) is 0 Å². The molecule has 0 saturated carbocycles. The fraction of sp³-hybridized carbons (Fsp3) is 0.692. The van der Waals surface area contributed by atoms with E-state index in [0.29, 0.717) is 19.6 Å². The van der Waals surface area contributed by atoms with E-state index in [1.54, 1.807) is 11.9 Å². The monoisotopic (exact) mass is 265 g/mol. The molecule has 1 N–H and O–H groups in total. The molecule has 0 aromatic carbocycles. The molecule has 0 aliphatic carbocycles. The van der Waals surface area contributed by atoms with E-state index in [1.165, 1.54) is 0 Å². The van der Waals surface area contributed by atoms with E-state index in [-0.39, 0.29) is 23.6 Å². The minimum absolute atomic E-state index is 0.126. The number of ether oxygens (including phenoxy) is 1. The lowest BCUT2D eigenvalue weighted by molar-refractivity contribution is -0.135. The molecule has 19 heavy (non-hydrogen) atoms. The highest BCUT2D eigenvalue weighted by Crippen LogP contribution is 2.32. The van der Waals surface area contributed by atoms with Crippen molar-refractivity contribution in [3.05, 3.63) is 12.2 Å². The van der Waals surface area contributed by atoms with Crippen LogP contribution in [-0.2, 0) is 9.53 Å². The number of nitrogens with one attached hydrogen (secondary N) is 1. The van der Waals surface area contributed by atoms with Gasteiger partial charge in [0.1, 0.15) is 11.6 Å². The molecule has 1 spiro atoms. The maximum atomic E-state index is 12.2. The van der Waals surface area contributed by atoms with E-state index in [2.05, 4.69) is 5.32 Å². The fourth-order valence-electron chi connectivity index (χ4n) is 3.02. The van der Waals surface area contributed by atoms with Crippen LogP contribution in [0.3, 0.4) is 0 Å². The molecular formula is C13H19N3O3. The fourth-order valence-corrected chi connectivity index (χ4v) is 3.02. The molecule has 3 aliphatic rings. The first-order valence-electron chi connectivity index (χ1n) is 6.73. The molecule has 6 heteroatoms. The van der Waals surface area contributed by atoms with E-state index >= 15 is 0 Å². The predicted octanol–water partition coefficient (Wildman–Crippen LogP) is -0.0424. The molecule has 2 saturated heterocycles. The highest BCUT2D eigenvalue weighted by atomic mass is 16.6. The first-order valence-corrected chi connectivity index (χ1v) is 6.73. The molecule has 0 unspecified atom stereocenters. The molecule has 1 atom stereocenters. The van der Waals surface area contributed by atoms with Crippen LogP contribution in [0, 0.1) is 0 Å². The summed E-state index contributed by atoms with van der Waals surface area (Å²) in [6.45, 7) is 2.71. The molecule has 0 aromatic rings. The molecule has 6 nitrogen and oxygen atoms in total. The molecular weight excluding hydrogens is 246 g/mol. The predicted molar refractivity (Wildman–Crippen MR) is 68.6 cm³/mol. The van der Waals surface area contributed by atoms with Crippen LogP contribution in [0.2, 0.25) is 0 Å². The standard InChI is InChI=1S/C13H19N3O3/c1-15-9-13(19-12(15)18)4-7-16(8-5-13)11(17)10-3-2-6-14-10/h2-3,10,14H,4-9H2,1H3/t10-/m0/s1. The average molecular weight is 265 g/mol. The van der Waals surface area contributed by atoms with Crippen molar-refractivity contribution >= 4 is 12.0 Å². The third-order valence-electron chi connectivity index (χ3n) is 4.18. The van der Waals surface area contributed by atoms with Crippen molar-refractivity contribution in [2.24, 2.45) is 0 Å². The zero-order valence-corrected chi connectivity index (χ0v) is 11.1. The van der Waals surface area contributed by atoms with Gasteiger partial charge in [-0.25, -0.2) is 4.79 Å². The normalized spacial score (nSPS) is 29.1. The second-order valence-electron chi connectivity index (χ2n) is 5.55. The van der Waals surface area contributed by atoms with Crippen molar-refractivity contribution in [2.45, 2.75) is 24.5 Å². The molecule has 0 aromatic heterocycles. The summed E-state index contributed by atoms with van der Waals surface area (Å²) >= 11 is 0. The highest BCUT2D eigenvalue weighted by molar-refractivity contribution is 5.84. The van der Waals surface area contributed by atoms with Crippen LogP contribution in [0.25, 0.3) is 0 Å². The maximum Gasteiger partial charge on any atom is 0.410 e. The van der Waals surface area contributed by atoms with Gasteiger partial charge in [0.2, 0.25) is 5.91 Å².